The fourth-order valence-corrected chi connectivity index (χ4v) is 2.61. The molecular formula is C15H10BrNO3. The number of hydrogen-bond acceptors (Lipinski definition) is 3. The SMILES string of the molecule is COC(=O)c1cccc2c(=O)c3cc(Br)ccc3[nH]c12. The van der Waals surface area contributed by atoms with E-state index in [4.69, 9.17) is 4.74 Å². The Morgan fingerprint density at radius 2 is 2.00 bits per heavy atom. The molecule has 2 aromatic carbocycles. The molecule has 3 rings (SSSR count). The van der Waals surface area contributed by atoms with E-state index in [1.807, 2.05) is 6.07 Å². The first-order valence-electron chi connectivity index (χ1n) is 5.94. The summed E-state index contributed by atoms with van der Waals surface area (Å²) in [6.45, 7) is 0. The van der Waals surface area contributed by atoms with Crippen molar-refractivity contribution < 1.29 is 9.53 Å². The maximum atomic E-state index is 12.5. The molecule has 20 heavy (non-hydrogen) atoms. The van der Waals surface area contributed by atoms with Gasteiger partial charge in [0.25, 0.3) is 0 Å². The van der Waals surface area contributed by atoms with Gasteiger partial charge in [0.15, 0.2) is 5.43 Å². The van der Waals surface area contributed by atoms with Gasteiger partial charge < -0.3 is 9.72 Å². The molecule has 0 bridgehead atoms. The molecule has 1 heterocycles. The average Bonchev–Trinajstić information content (AvgIpc) is 2.47. The molecule has 0 aliphatic carbocycles. The Bertz CT molecular complexity index is 899. The molecule has 0 aliphatic rings. The zero-order valence-corrected chi connectivity index (χ0v) is 12.2. The molecule has 4 nitrogen and oxygen atoms in total. The van der Waals surface area contributed by atoms with E-state index in [0.717, 1.165) is 4.47 Å². The highest BCUT2D eigenvalue weighted by Gasteiger charge is 2.14. The number of esters is 1. The highest BCUT2D eigenvalue weighted by molar-refractivity contribution is 9.10. The number of fused-ring (bicyclic) bond motifs is 2. The monoisotopic (exact) mass is 331 g/mol. The largest absolute Gasteiger partial charge is 0.465 e. The minimum atomic E-state index is -0.470. The van der Waals surface area contributed by atoms with Crippen LogP contribution in [0.15, 0.2) is 45.7 Å². The Kier molecular flexibility index (Phi) is 3.06. The maximum Gasteiger partial charge on any atom is 0.339 e. The molecule has 5 heteroatoms. The number of rotatable bonds is 1. The first-order valence-corrected chi connectivity index (χ1v) is 6.73. The third-order valence-corrected chi connectivity index (χ3v) is 3.69. The lowest BCUT2D eigenvalue weighted by Crippen LogP contribution is -2.09. The Balaban J connectivity index is 2.50. The van der Waals surface area contributed by atoms with Gasteiger partial charge in [-0.2, -0.15) is 0 Å². The fraction of sp³-hybridized carbons (Fsp3) is 0.0667. The lowest BCUT2D eigenvalue weighted by atomic mass is 10.1. The molecule has 0 saturated carbocycles. The van der Waals surface area contributed by atoms with Crippen molar-refractivity contribution in [2.75, 3.05) is 7.11 Å². The topological polar surface area (TPSA) is 59.2 Å². The zero-order chi connectivity index (χ0) is 14.3. The van der Waals surface area contributed by atoms with E-state index >= 15 is 0 Å². The van der Waals surface area contributed by atoms with Gasteiger partial charge >= 0.3 is 5.97 Å². The Labute approximate surface area is 122 Å². The van der Waals surface area contributed by atoms with Crippen molar-refractivity contribution in [2.45, 2.75) is 0 Å². The van der Waals surface area contributed by atoms with Crippen LogP contribution in [-0.2, 0) is 4.74 Å². The molecule has 3 aromatic rings. The van der Waals surface area contributed by atoms with Crippen molar-refractivity contribution in [3.63, 3.8) is 0 Å². The smallest absolute Gasteiger partial charge is 0.339 e. The van der Waals surface area contributed by atoms with Crippen molar-refractivity contribution in [1.82, 2.24) is 4.98 Å². The first-order chi connectivity index (χ1) is 9.61. The van der Waals surface area contributed by atoms with Crippen molar-refractivity contribution in [3.05, 3.63) is 56.7 Å². The molecule has 1 aromatic heterocycles. The summed E-state index contributed by atoms with van der Waals surface area (Å²) in [5.41, 5.74) is 1.42. The number of para-hydroxylation sites is 1. The summed E-state index contributed by atoms with van der Waals surface area (Å²) in [5.74, 6) is -0.470. The number of aromatic nitrogens is 1. The number of hydrogen-bond donors (Lipinski definition) is 1. The van der Waals surface area contributed by atoms with Crippen LogP contribution in [0, 0.1) is 0 Å². The molecule has 1 N–H and O–H groups in total. The van der Waals surface area contributed by atoms with Crippen LogP contribution in [0.4, 0.5) is 0 Å². The number of methoxy groups -OCH3 is 1. The van der Waals surface area contributed by atoms with Crippen LogP contribution in [0.5, 0.6) is 0 Å². The number of H-pyrrole nitrogens is 1. The van der Waals surface area contributed by atoms with E-state index in [9.17, 15) is 9.59 Å². The van der Waals surface area contributed by atoms with Crippen molar-refractivity contribution in [1.29, 1.82) is 0 Å². The lowest BCUT2D eigenvalue weighted by molar-refractivity contribution is 0.0603. The van der Waals surface area contributed by atoms with Gasteiger partial charge in [-0.3, -0.25) is 4.79 Å². The third-order valence-electron chi connectivity index (χ3n) is 3.20. The molecule has 0 saturated heterocycles. The number of halogens is 1. The van der Waals surface area contributed by atoms with Crippen LogP contribution in [-0.4, -0.2) is 18.1 Å². The average molecular weight is 332 g/mol. The Hall–Kier alpha value is -2.14. The van der Waals surface area contributed by atoms with E-state index < -0.39 is 5.97 Å². The zero-order valence-electron chi connectivity index (χ0n) is 10.6. The van der Waals surface area contributed by atoms with E-state index in [1.165, 1.54) is 7.11 Å². The van der Waals surface area contributed by atoms with Gasteiger partial charge in [0, 0.05) is 20.8 Å². The third kappa shape index (κ3) is 1.91. The molecule has 0 radical (unpaired) electrons. The van der Waals surface area contributed by atoms with Gasteiger partial charge in [0.1, 0.15) is 0 Å². The number of ether oxygens (including phenoxy) is 1. The number of carbonyl (C=O) groups is 1. The van der Waals surface area contributed by atoms with Gasteiger partial charge in [-0.05, 0) is 30.3 Å². The second kappa shape index (κ2) is 4.76. The second-order valence-corrected chi connectivity index (χ2v) is 5.28. The standard InChI is InChI=1S/C15H10BrNO3/c1-20-15(19)10-4-2-3-9-13(10)17-12-6-5-8(16)7-11(12)14(9)18/h2-7H,1H3,(H,17,18). The molecule has 0 amide bonds. The molecule has 0 atom stereocenters. The summed E-state index contributed by atoms with van der Waals surface area (Å²) in [6, 6.07) is 10.4. The van der Waals surface area contributed by atoms with E-state index in [0.29, 0.717) is 27.4 Å². The summed E-state index contributed by atoms with van der Waals surface area (Å²) in [4.78, 5) is 27.4. The fourth-order valence-electron chi connectivity index (χ4n) is 2.25. The van der Waals surface area contributed by atoms with E-state index in [-0.39, 0.29) is 5.43 Å². The number of pyridine rings is 1. The first kappa shape index (κ1) is 12.9. The van der Waals surface area contributed by atoms with Crippen LogP contribution in [0.3, 0.4) is 0 Å². The number of nitrogens with one attached hydrogen (secondary N) is 1. The minimum absolute atomic E-state index is 0.110. The summed E-state index contributed by atoms with van der Waals surface area (Å²) < 4.78 is 5.58. The second-order valence-electron chi connectivity index (χ2n) is 4.36. The summed E-state index contributed by atoms with van der Waals surface area (Å²) in [5, 5.41) is 1.05. The van der Waals surface area contributed by atoms with Crippen LogP contribution < -0.4 is 5.43 Å². The van der Waals surface area contributed by atoms with Crippen molar-refractivity contribution in [2.24, 2.45) is 0 Å². The van der Waals surface area contributed by atoms with E-state index in [1.54, 1.807) is 30.3 Å². The number of aromatic amines is 1. The molecule has 0 aliphatic heterocycles. The van der Waals surface area contributed by atoms with Gasteiger partial charge in [-0.1, -0.05) is 22.0 Å². The van der Waals surface area contributed by atoms with Crippen LogP contribution in [0.1, 0.15) is 10.4 Å². The quantitative estimate of drug-likeness (QED) is 0.550. The number of benzene rings is 2. The highest BCUT2D eigenvalue weighted by Crippen LogP contribution is 2.21. The predicted octanol–water partition coefficient (Wildman–Crippen LogP) is 3.23. The summed E-state index contributed by atoms with van der Waals surface area (Å²) in [6.07, 6.45) is 0. The minimum Gasteiger partial charge on any atom is -0.465 e. The molecule has 0 fully saturated rings. The maximum absolute atomic E-state index is 12.5. The van der Waals surface area contributed by atoms with Gasteiger partial charge in [-0.25, -0.2) is 4.79 Å². The molecule has 0 unspecified atom stereocenters. The van der Waals surface area contributed by atoms with Crippen LogP contribution >= 0.6 is 15.9 Å². The normalized spacial score (nSPS) is 10.9. The molecular weight excluding hydrogens is 322 g/mol. The summed E-state index contributed by atoms with van der Waals surface area (Å²) in [7, 11) is 1.32. The van der Waals surface area contributed by atoms with Crippen molar-refractivity contribution >= 4 is 43.7 Å². The van der Waals surface area contributed by atoms with Gasteiger partial charge in [-0.15, -0.1) is 0 Å². The lowest BCUT2D eigenvalue weighted by Gasteiger charge is -2.07. The molecule has 0 spiro atoms. The van der Waals surface area contributed by atoms with Gasteiger partial charge in [0.2, 0.25) is 0 Å². The number of carbonyl (C=O) groups excluding carboxylic acids is 1. The van der Waals surface area contributed by atoms with E-state index in [2.05, 4.69) is 20.9 Å². The van der Waals surface area contributed by atoms with Gasteiger partial charge in [0.05, 0.1) is 18.2 Å². The highest BCUT2D eigenvalue weighted by atomic mass is 79.9. The Morgan fingerprint density at radius 1 is 1.20 bits per heavy atom. The Morgan fingerprint density at radius 3 is 2.75 bits per heavy atom. The van der Waals surface area contributed by atoms with Crippen LogP contribution in [0.25, 0.3) is 21.8 Å². The molecule has 100 valence electrons. The predicted molar refractivity (Wildman–Crippen MR) is 81.1 cm³/mol. The van der Waals surface area contributed by atoms with Crippen molar-refractivity contribution in [3.8, 4) is 0 Å². The van der Waals surface area contributed by atoms with Crippen LogP contribution in [0.2, 0.25) is 0 Å². The summed E-state index contributed by atoms with van der Waals surface area (Å²) >= 11 is 3.35.